The van der Waals surface area contributed by atoms with Gasteiger partial charge in [0.2, 0.25) is 0 Å². The predicted molar refractivity (Wildman–Crippen MR) is 60.2 cm³/mol. The van der Waals surface area contributed by atoms with Crippen LogP contribution in [-0.2, 0) is 0 Å². The average molecular weight is 210 g/mol. The molecular formula is C11H22N4. The van der Waals surface area contributed by atoms with Crippen LogP contribution in [0.5, 0.6) is 0 Å². The van der Waals surface area contributed by atoms with E-state index in [-0.39, 0.29) is 0 Å². The molecule has 0 aromatic rings. The molecule has 15 heavy (non-hydrogen) atoms. The van der Waals surface area contributed by atoms with Crippen molar-refractivity contribution in [2.75, 3.05) is 45.8 Å². The summed E-state index contributed by atoms with van der Waals surface area (Å²) in [6, 6.07) is 0. The number of hydrogen-bond donors (Lipinski definition) is 2. The van der Waals surface area contributed by atoms with Gasteiger partial charge in [0.25, 0.3) is 0 Å². The molecule has 0 bridgehead atoms. The molecule has 3 saturated heterocycles. The van der Waals surface area contributed by atoms with Gasteiger partial charge in [-0.1, -0.05) is 0 Å². The Morgan fingerprint density at radius 3 is 2.40 bits per heavy atom. The quantitative estimate of drug-likeness (QED) is 0.602. The van der Waals surface area contributed by atoms with E-state index >= 15 is 0 Å². The Kier molecular flexibility index (Phi) is 2.47. The monoisotopic (exact) mass is 210 g/mol. The maximum absolute atomic E-state index is 5.70. The molecule has 0 unspecified atom stereocenters. The molecule has 0 atom stereocenters. The highest BCUT2D eigenvalue weighted by molar-refractivity contribution is 5.04. The lowest BCUT2D eigenvalue weighted by Gasteiger charge is -2.59. The third-order valence-electron chi connectivity index (χ3n) is 4.17. The molecule has 3 aliphatic heterocycles. The second-order valence-electron chi connectivity index (χ2n) is 5.77. The fraction of sp³-hybridized carbons (Fsp3) is 1.00. The molecule has 0 aromatic heterocycles. The minimum atomic E-state index is 0.599. The zero-order valence-electron chi connectivity index (χ0n) is 9.41. The predicted octanol–water partition coefficient (Wildman–Crippen LogP) is -0.523. The third-order valence-corrected chi connectivity index (χ3v) is 4.17. The zero-order chi connectivity index (χ0) is 10.3. The first-order valence-corrected chi connectivity index (χ1v) is 6.19. The molecule has 0 saturated carbocycles. The first kappa shape index (κ1) is 10.0. The van der Waals surface area contributed by atoms with E-state index in [0.717, 1.165) is 19.0 Å². The maximum atomic E-state index is 5.70. The molecule has 3 heterocycles. The Labute approximate surface area is 91.8 Å². The highest BCUT2D eigenvalue weighted by Crippen LogP contribution is 2.38. The Balaban J connectivity index is 1.40. The molecule has 4 heteroatoms. The van der Waals surface area contributed by atoms with E-state index in [0.29, 0.717) is 5.41 Å². The number of nitrogens with zero attached hydrogens (tertiary/aromatic N) is 2. The van der Waals surface area contributed by atoms with Gasteiger partial charge >= 0.3 is 0 Å². The van der Waals surface area contributed by atoms with Crippen molar-refractivity contribution in [2.24, 2.45) is 17.2 Å². The summed E-state index contributed by atoms with van der Waals surface area (Å²) in [7, 11) is 0. The molecule has 0 radical (unpaired) electrons. The van der Waals surface area contributed by atoms with Crippen LogP contribution in [0.4, 0.5) is 0 Å². The molecule has 86 valence electrons. The smallest absolute Gasteiger partial charge is 0.0240 e. The number of hydrazine groups is 1. The number of nitrogens with one attached hydrogen (secondary N) is 1. The summed E-state index contributed by atoms with van der Waals surface area (Å²) in [5, 5.41) is 5.37. The normalized spacial score (nSPS) is 32.6. The minimum absolute atomic E-state index is 0.599. The van der Waals surface area contributed by atoms with Crippen molar-refractivity contribution in [2.45, 2.75) is 12.8 Å². The highest BCUT2D eigenvalue weighted by atomic mass is 15.5. The van der Waals surface area contributed by atoms with E-state index in [9.17, 15) is 0 Å². The summed E-state index contributed by atoms with van der Waals surface area (Å²) in [6.45, 7) is 8.61. The number of piperidine rings is 1. The second-order valence-corrected chi connectivity index (χ2v) is 5.77. The first-order chi connectivity index (χ1) is 7.26. The summed E-state index contributed by atoms with van der Waals surface area (Å²) in [6.07, 6.45) is 2.74. The number of rotatable bonds is 2. The van der Waals surface area contributed by atoms with Crippen LogP contribution in [0, 0.1) is 11.3 Å². The first-order valence-electron chi connectivity index (χ1n) is 6.19. The maximum Gasteiger partial charge on any atom is 0.0240 e. The van der Waals surface area contributed by atoms with E-state index < -0.39 is 0 Å². The molecular weight excluding hydrogens is 188 g/mol. The summed E-state index contributed by atoms with van der Waals surface area (Å²) in [5.41, 5.74) is 0.599. The fourth-order valence-corrected chi connectivity index (χ4v) is 3.48. The van der Waals surface area contributed by atoms with Crippen molar-refractivity contribution < 1.29 is 0 Å². The third kappa shape index (κ3) is 1.91. The van der Waals surface area contributed by atoms with E-state index in [2.05, 4.69) is 10.2 Å². The van der Waals surface area contributed by atoms with Gasteiger partial charge in [-0.25, -0.2) is 5.01 Å². The van der Waals surface area contributed by atoms with Gasteiger partial charge in [-0.3, -0.25) is 5.84 Å². The van der Waals surface area contributed by atoms with Crippen LogP contribution in [-0.4, -0.2) is 55.7 Å². The van der Waals surface area contributed by atoms with Gasteiger partial charge in [-0.2, -0.15) is 0 Å². The van der Waals surface area contributed by atoms with Crippen LogP contribution < -0.4 is 11.2 Å². The van der Waals surface area contributed by atoms with E-state index in [4.69, 9.17) is 5.84 Å². The van der Waals surface area contributed by atoms with Crippen LogP contribution >= 0.6 is 0 Å². The average Bonchev–Trinajstić information content (AvgIpc) is 2.14. The van der Waals surface area contributed by atoms with Gasteiger partial charge in [-0.15, -0.1) is 0 Å². The number of hydrogen-bond acceptors (Lipinski definition) is 4. The molecule has 4 nitrogen and oxygen atoms in total. The topological polar surface area (TPSA) is 44.5 Å². The van der Waals surface area contributed by atoms with Crippen LogP contribution in [0.2, 0.25) is 0 Å². The zero-order valence-corrected chi connectivity index (χ0v) is 9.41. The molecule has 1 spiro atoms. The molecule has 0 aromatic carbocycles. The summed E-state index contributed by atoms with van der Waals surface area (Å²) in [5.74, 6) is 6.64. The van der Waals surface area contributed by atoms with Crippen molar-refractivity contribution in [1.29, 1.82) is 0 Å². The lowest BCUT2D eigenvalue weighted by Crippen LogP contribution is -2.73. The van der Waals surface area contributed by atoms with Gasteiger partial charge in [0.1, 0.15) is 0 Å². The van der Waals surface area contributed by atoms with Crippen molar-refractivity contribution in [3.8, 4) is 0 Å². The largest absolute Gasteiger partial charge is 0.317 e. The Morgan fingerprint density at radius 2 is 1.80 bits per heavy atom. The van der Waals surface area contributed by atoms with Gasteiger partial charge in [0, 0.05) is 38.1 Å². The molecule has 3 rings (SSSR count). The number of nitrogens with two attached hydrogens (primary N) is 1. The molecule has 0 aliphatic carbocycles. The Bertz CT molecular complexity index is 223. The van der Waals surface area contributed by atoms with Gasteiger partial charge in [0.15, 0.2) is 0 Å². The second kappa shape index (κ2) is 3.70. The van der Waals surface area contributed by atoms with Crippen LogP contribution in [0.25, 0.3) is 0 Å². The van der Waals surface area contributed by atoms with Gasteiger partial charge < -0.3 is 10.2 Å². The van der Waals surface area contributed by atoms with Crippen molar-refractivity contribution >= 4 is 0 Å². The SMILES string of the molecule is NN1CC2(C1)CN(CC1CCNCC1)C2. The van der Waals surface area contributed by atoms with Gasteiger partial charge in [-0.05, 0) is 31.8 Å². The lowest BCUT2D eigenvalue weighted by molar-refractivity contribution is -0.120. The van der Waals surface area contributed by atoms with Gasteiger partial charge in [0.05, 0.1) is 0 Å². The van der Waals surface area contributed by atoms with Crippen LogP contribution in [0.15, 0.2) is 0 Å². The Hall–Kier alpha value is -0.160. The molecule has 3 aliphatic rings. The van der Waals surface area contributed by atoms with Crippen molar-refractivity contribution in [1.82, 2.24) is 15.2 Å². The van der Waals surface area contributed by atoms with Crippen LogP contribution in [0.1, 0.15) is 12.8 Å². The fourth-order valence-electron chi connectivity index (χ4n) is 3.48. The Morgan fingerprint density at radius 1 is 1.13 bits per heavy atom. The van der Waals surface area contributed by atoms with Crippen molar-refractivity contribution in [3.05, 3.63) is 0 Å². The molecule has 3 N–H and O–H groups in total. The van der Waals surface area contributed by atoms with Crippen molar-refractivity contribution in [3.63, 3.8) is 0 Å². The summed E-state index contributed by atoms with van der Waals surface area (Å²) >= 11 is 0. The lowest BCUT2D eigenvalue weighted by atomic mass is 9.73. The summed E-state index contributed by atoms with van der Waals surface area (Å²) < 4.78 is 0. The van der Waals surface area contributed by atoms with E-state index in [1.807, 2.05) is 5.01 Å². The van der Waals surface area contributed by atoms with E-state index in [1.54, 1.807) is 0 Å². The van der Waals surface area contributed by atoms with Crippen LogP contribution in [0.3, 0.4) is 0 Å². The standard InChI is InChI=1S/C11H22N4/c12-15-8-11(9-15)6-14(7-11)5-10-1-3-13-4-2-10/h10,13H,1-9,12H2. The summed E-state index contributed by atoms with van der Waals surface area (Å²) in [4.78, 5) is 2.63. The number of likely N-dealkylation sites (tertiary alicyclic amines) is 1. The molecule has 0 amide bonds. The molecule has 3 fully saturated rings. The van der Waals surface area contributed by atoms with E-state index in [1.165, 1.54) is 45.6 Å². The minimum Gasteiger partial charge on any atom is -0.317 e. The highest BCUT2D eigenvalue weighted by Gasteiger charge is 2.50.